The maximum Gasteiger partial charge on any atom is 0.228 e. The zero-order valence-corrected chi connectivity index (χ0v) is 18.1. The van der Waals surface area contributed by atoms with Crippen molar-refractivity contribution in [2.24, 2.45) is 4.99 Å². The highest BCUT2D eigenvalue weighted by molar-refractivity contribution is 6.05. The number of hydrogen-bond acceptors (Lipinski definition) is 3. The molecule has 4 aliphatic rings. The van der Waals surface area contributed by atoms with E-state index in [0.29, 0.717) is 0 Å². The molecule has 152 valence electrons. The lowest BCUT2D eigenvalue weighted by atomic mass is 9.77. The molecule has 1 unspecified atom stereocenters. The van der Waals surface area contributed by atoms with Crippen molar-refractivity contribution in [2.75, 3.05) is 11.9 Å². The molecule has 2 aliphatic heterocycles. The minimum Gasteiger partial charge on any atom is -0.459 e. The van der Waals surface area contributed by atoms with Gasteiger partial charge in [-0.25, -0.2) is 0 Å². The molecule has 3 aromatic carbocycles. The van der Waals surface area contributed by atoms with Gasteiger partial charge in [-0.3, -0.25) is 4.99 Å². The van der Waals surface area contributed by atoms with Crippen molar-refractivity contribution >= 4 is 23.2 Å². The summed E-state index contributed by atoms with van der Waals surface area (Å²) in [6.45, 7) is 4.54. The molecule has 0 N–H and O–H groups in total. The Balaban J connectivity index is 1.46. The van der Waals surface area contributed by atoms with E-state index in [2.05, 4.69) is 86.5 Å². The summed E-state index contributed by atoms with van der Waals surface area (Å²) >= 11 is 0. The van der Waals surface area contributed by atoms with Gasteiger partial charge >= 0.3 is 0 Å². The smallest absolute Gasteiger partial charge is 0.228 e. The normalized spacial score (nSPS) is 23.1. The van der Waals surface area contributed by atoms with Crippen molar-refractivity contribution in [3.63, 3.8) is 0 Å². The van der Waals surface area contributed by atoms with Gasteiger partial charge in [0.1, 0.15) is 5.69 Å². The maximum absolute atomic E-state index is 7.07. The van der Waals surface area contributed by atoms with Crippen LogP contribution in [0.3, 0.4) is 0 Å². The number of allylic oxidation sites excluding steroid dienone is 1. The standard InChI is InChI=1S/C28H24N2O/c1-27(2)22-13-6-7-14-24(22)30(3)28(27)16-29-23-15-21-18-10-5-4-9-17(18)19-11-8-12-20(25(19)21)26(23)31-28/h4-7,9-11,13-16H,8,12H2,1-3H3. The van der Waals surface area contributed by atoms with Gasteiger partial charge in [0.25, 0.3) is 0 Å². The van der Waals surface area contributed by atoms with E-state index >= 15 is 0 Å². The van der Waals surface area contributed by atoms with Crippen molar-refractivity contribution < 1.29 is 4.74 Å². The zero-order valence-electron chi connectivity index (χ0n) is 18.1. The Morgan fingerprint density at radius 3 is 2.58 bits per heavy atom. The molecular formula is C28H24N2O. The molecule has 0 saturated heterocycles. The minimum atomic E-state index is -0.638. The van der Waals surface area contributed by atoms with Crippen LogP contribution in [0.5, 0.6) is 5.75 Å². The van der Waals surface area contributed by atoms with Crippen LogP contribution in [0.1, 0.15) is 42.5 Å². The molecule has 31 heavy (non-hydrogen) atoms. The number of nitrogens with zero attached hydrogens (tertiary/aromatic N) is 2. The molecule has 3 heteroatoms. The number of benzene rings is 3. The summed E-state index contributed by atoms with van der Waals surface area (Å²) in [6.07, 6.45) is 6.46. The van der Waals surface area contributed by atoms with Crippen LogP contribution < -0.4 is 9.64 Å². The van der Waals surface area contributed by atoms with Crippen molar-refractivity contribution in [3.05, 3.63) is 82.9 Å². The number of likely N-dealkylation sites (N-methyl/N-ethyl adjacent to an activating group) is 1. The van der Waals surface area contributed by atoms with Crippen LogP contribution in [0.2, 0.25) is 0 Å². The lowest BCUT2D eigenvalue weighted by molar-refractivity contribution is 0.0813. The third-order valence-electron chi connectivity index (χ3n) is 7.85. The Morgan fingerprint density at radius 2 is 1.74 bits per heavy atom. The molecule has 0 fully saturated rings. The van der Waals surface area contributed by atoms with E-state index in [-0.39, 0.29) is 5.41 Å². The summed E-state index contributed by atoms with van der Waals surface area (Å²) in [5, 5.41) is 0. The quantitative estimate of drug-likeness (QED) is 0.345. The molecule has 7 rings (SSSR count). The van der Waals surface area contributed by atoms with Gasteiger partial charge in [-0.15, -0.1) is 0 Å². The Hall–Kier alpha value is -3.33. The number of anilines is 1. The number of para-hydroxylation sites is 1. The molecule has 3 aromatic rings. The molecule has 0 aromatic heterocycles. The first-order valence-electron chi connectivity index (χ1n) is 11.1. The van der Waals surface area contributed by atoms with Crippen LogP contribution >= 0.6 is 0 Å². The fourth-order valence-electron chi connectivity index (χ4n) is 6.20. The first-order valence-corrected chi connectivity index (χ1v) is 11.1. The number of hydrogen-bond donors (Lipinski definition) is 0. The number of rotatable bonds is 0. The number of aliphatic imine (C=N–C) groups is 1. The van der Waals surface area contributed by atoms with Gasteiger partial charge < -0.3 is 9.64 Å². The molecule has 0 radical (unpaired) electrons. The van der Waals surface area contributed by atoms with Gasteiger partial charge in [0.05, 0.1) is 11.6 Å². The van der Waals surface area contributed by atoms with Crippen LogP contribution in [0.15, 0.2) is 65.7 Å². The zero-order chi connectivity index (χ0) is 21.0. The topological polar surface area (TPSA) is 24.8 Å². The van der Waals surface area contributed by atoms with Crippen LogP contribution in [0.4, 0.5) is 11.4 Å². The Labute approximate surface area is 182 Å². The summed E-state index contributed by atoms with van der Waals surface area (Å²) in [4.78, 5) is 7.32. The van der Waals surface area contributed by atoms with Crippen molar-refractivity contribution in [3.8, 4) is 16.9 Å². The second kappa shape index (κ2) is 5.47. The summed E-state index contributed by atoms with van der Waals surface area (Å²) < 4.78 is 7.07. The molecule has 1 atom stereocenters. The van der Waals surface area contributed by atoms with Gasteiger partial charge in [0.15, 0.2) is 5.75 Å². The molecule has 0 bridgehead atoms. The highest BCUT2D eigenvalue weighted by Crippen LogP contribution is 2.58. The molecule has 0 saturated carbocycles. The van der Waals surface area contributed by atoms with E-state index < -0.39 is 5.72 Å². The fraction of sp³-hybridized carbons (Fsp3) is 0.250. The molecule has 2 heterocycles. The highest BCUT2D eigenvalue weighted by atomic mass is 16.5. The molecule has 1 spiro atoms. The summed E-state index contributed by atoms with van der Waals surface area (Å²) in [5.41, 5.74) is 10.6. The van der Waals surface area contributed by atoms with E-state index in [1.165, 1.54) is 44.6 Å². The Morgan fingerprint density at radius 1 is 0.968 bits per heavy atom. The predicted octanol–water partition coefficient (Wildman–Crippen LogP) is 6.26. The summed E-state index contributed by atoms with van der Waals surface area (Å²) in [7, 11) is 2.13. The van der Waals surface area contributed by atoms with Gasteiger partial charge in [-0.2, -0.15) is 0 Å². The van der Waals surface area contributed by atoms with Crippen LogP contribution in [-0.4, -0.2) is 19.0 Å². The van der Waals surface area contributed by atoms with Crippen LogP contribution in [-0.2, 0) is 11.8 Å². The first kappa shape index (κ1) is 17.4. The Bertz CT molecular complexity index is 1360. The van der Waals surface area contributed by atoms with Crippen molar-refractivity contribution in [1.82, 2.24) is 0 Å². The molecule has 3 nitrogen and oxygen atoms in total. The van der Waals surface area contributed by atoms with E-state index in [1.807, 2.05) is 6.21 Å². The summed E-state index contributed by atoms with van der Waals surface area (Å²) in [5.74, 6) is 0.965. The number of ether oxygens (including phenoxy) is 1. The third-order valence-corrected chi connectivity index (χ3v) is 7.85. The highest BCUT2D eigenvalue weighted by Gasteiger charge is 2.58. The molecular weight excluding hydrogens is 380 g/mol. The predicted molar refractivity (Wildman–Crippen MR) is 127 cm³/mol. The number of fused-ring (bicyclic) bond motifs is 6. The first-order chi connectivity index (χ1) is 15.0. The fourth-order valence-corrected chi connectivity index (χ4v) is 6.20. The minimum absolute atomic E-state index is 0.235. The largest absolute Gasteiger partial charge is 0.459 e. The van der Waals surface area contributed by atoms with E-state index in [9.17, 15) is 0 Å². The van der Waals surface area contributed by atoms with Gasteiger partial charge in [0, 0.05) is 18.3 Å². The van der Waals surface area contributed by atoms with E-state index in [0.717, 1.165) is 24.3 Å². The van der Waals surface area contributed by atoms with Crippen LogP contribution in [0.25, 0.3) is 16.7 Å². The average molecular weight is 405 g/mol. The lowest BCUT2D eigenvalue weighted by Gasteiger charge is -2.45. The van der Waals surface area contributed by atoms with E-state index in [1.54, 1.807) is 0 Å². The second-order valence-corrected chi connectivity index (χ2v) is 9.59. The monoisotopic (exact) mass is 404 g/mol. The SMILES string of the molecule is CN1c2ccccc2C(C)(C)C12C=Nc1cc3c4c(c1O2)CCC=C4c1ccccc1-3. The van der Waals surface area contributed by atoms with Gasteiger partial charge in [0.2, 0.25) is 5.72 Å². The van der Waals surface area contributed by atoms with Gasteiger partial charge in [-0.1, -0.05) is 48.5 Å². The second-order valence-electron chi connectivity index (χ2n) is 9.59. The van der Waals surface area contributed by atoms with Crippen molar-refractivity contribution in [2.45, 2.75) is 37.8 Å². The molecule has 2 aliphatic carbocycles. The van der Waals surface area contributed by atoms with Crippen LogP contribution in [0, 0.1) is 0 Å². The third kappa shape index (κ3) is 1.89. The maximum atomic E-state index is 7.07. The summed E-state index contributed by atoms with van der Waals surface area (Å²) in [6, 6.07) is 19.6. The van der Waals surface area contributed by atoms with Gasteiger partial charge in [-0.05, 0) is 72.2 Å². The average Bonchev–Trinajstić information content (AvgIpc) is 3.20. The van der Waals surface area contributed by atoms with Crippen molar-refractivity contribution in [1.29, 1.82) is 0 Å². The van der Waals surface area contributed by atoms with E-state index in [4.69, 9.17) is 9.73 Å². The lowest BCUT2D eigenvalue weighted by Crippen LogP contribution is -2.61. The molecule has 0 amide bonds. The Kier molecular flexibility index (Phi) is 3.06.